The second kappa shape index (κ2) is 9.37. The molecule has 0 saturated carbocycles. The topological polar surface area (TPSA) is 97.9 Å². The fourth-order valence-electron chi connectivity index (χ4n) is 2.20. The zero-order chi connectivity index (χ0) is 21.6. The number of alkyl halides is 3. The van der Waals surface area contributed by atoms with Crippen LogP contribution < -0.4 is 15.2 Å². The Balaban J connectivity index is 2.17. The highest BCUT2D eigenvalue weighted by Crippen LogP contribution is 2.30. The standard InChI is InChI=1S/C18H17ClF3N3O4/c1-27-14-6-5-11(9-25(17(23)24)29-16(26)18(20,21)22)8-15(14)28-10-12-3-2-4-13(19)7-12/h2-8H,9-10H2,1H3,(H3,23,24). The van der Waals surface area contributed by atoms with Crippen molar-refractivity contribution < 1.29 is 32.3 Å². The Morgan fingerprint density at radius 1 is 1.17 bits per heavy atom. The smallest absolute Gasteiger partial charge is 0.493 e. The monoisotopic (exact) mass is 431 g/mol. The van der Waals surface area contributed by atoms with Gasteiger partial charge in [0.15, 0.2) is 11.5 Å². The molecule has 0 radical (unpaired) electrons. The van der Waals surface area contributed by atoms with Gasteiger partial charge in [0.05, 0.1) is 13.7 Å². The molecule has 2 aromatic carbocycles. The number of carbonyl (C=O) groups excluding carboxylic acids is 1. The zero-order valence-electron chi connectivity index (χ0n) is 15.1. The highest BCUT2D eigenvalue weighted by Gasteiger charge is 2.43. The highest BCUT2D eigenvalue weighted by molar-refractivity contribution is 6.30. The largest absolute Gasteiger partial charge is 0.493 e. The molecule has 0 fully saturated rings. The number of benzene rings is 2. The molecule has 156 valence electrons. The number of hydrogen-bond acceptors (Lipinski definition) is 5. The van der Waals surface area contributed by atoms with Crippen molar-refractivity contribution in [2.24, 2.45) is 5.73 Å². The quantitative estimate of drug-likeness (QED) is 0.411. The number of methoxy groups -OCH3 is 1. The predicted octanol–water partition coefficient (Wildman–Crippen LogP) is 3.64. The Morgan fingerprint density at radius 2 is 1.90 bits per heavy atom. The summed E-state index contributed by atoms with van der Waals surface area (Å²) in [6, 6.07) is 11.5. The van der Waals surface area contributed by atoms with Crippen LogP contribution in [0, 0.1) is 5.41 Å². The lowest BCUT2D eigenvalue weighted by atomic mass is 10.2. The molecular formula is C18H17ClF3N3O4. The summed E-state index contributed by atoms with van der Waals surface area (Å²) in [6.45, 7) is -0.255. The second-order valence-corrected chi connectivity index (χ2v) is 6.14. The molecule has 3 N–H and O–H groups in total. The first-order valence-electron chi connectivity index (χ1n) is 8.05. The van der Waals surface area contributed by atoms with Crippen molar-refractivity contribution in [3.63, 3.8) is 0 Å². The van der Waals surface area contributed by atoms with Crippen LogP contribution in [-0.2, 0) is 22.8 Å². The van der Waals surface area contributed by atoms with E-state index in [1.165, 1.54) is 25.3 Å². The first-order chi connectivity index (χ1) is 13.6. The number of nitrogens with two attached hydrogens (primary N) is 1. The van der Waals surface area contributed by atoms with Crippen LogP contribution in [-0.4, -0.2) is 30.3 Å². The molecule has 2 aromatic rings. The maximum Gasteiger partial charge on any atom is 0.493 e. The van der Waals surface area contributed by atoms with E-state index >= 15 is 0 Å². The van der Waals surface area contributed by atoms with Gasteiger partial charge in [-0.05, 0) is 35.4 Å². The van der Waals surface area contributed by atoms with Crippen molar-refractivity contribution in [3.05, 3.63) is 58.6 Å². The van der Waals surface area contributed by atoms with Crippen LogP contribution in [0.25, 0.3) is 0 Å². The summed E-state index contributed by atoms with van der Waals surface area (Å²) in [6.07, 6.45) is -5.22. The molecule has 0 aliphatic heterocycles. The van der Waals surface area contributed by atoms with Gasteiger partial charge in [0.25, 0.3) is 0 Å². The number of nitrogens with one attached hydrogen (secondary N) is 1. The summed E-state index contributed by atoms with van der Waals surface area (Å²) in [5.41, 5.74) is 6.36. The summed E-state index contributed by atoms with van der Waals surface area (Å²) >= 11 is 5.93. The van der Waals surface area contributed by atoms with Crippen molar-refractivity contribution >= 4 is 23.5 Å². The molecule has 29 heavy (non-hydrogen) atoms. The number of halogens is 4. The molecule has 0 unspecified atom stereocenters. The van der Waals surface area contributed by atoms with Crippen LogP contribution >= 0.6 is 11.6 Å². The molecule has 0 saturated heterocycles. The molecular weight excluding hydrogens is 415 g/mol. The van der Waals surface area contributed by atoms with Crippen LogP contribution in [0.3, 0.4) is 0 Å². The average molecular weight is 432 g/mol. The minimum atomic E-state index is -5.22. The summed E-state index contributed by atoms with van der Waals surface area (Å²) in [4.78, 5) is 15.2. The predicted molar refractivity (Wildman–Crippen MR) is 98.4 cm³/mol. The molecule has 0 aromatic heterocycles. The van der Waals surface area contributed by atoms with Crippen molar-refractivity contribution in [3.8, 4) is 11.5 Å². The molecule has 0 amide bonds. The number of carbonyl (C=O) groups is 1. The van der Waals surface area contributed by atoms with Gasteiger partial charge in [-0.2, -0.15) is 18.2 Å². The Hall–Kier alpha value is -3.14. The summed E-state index contributed by atoms with van der Waals surface area (Å²) < 4.78 is 48.1. The number of guanidine groups is 1. The molecule has 0 atom stereocenters. The lowest BCUT2D eigenvalue weighted by Gasteiger charge is -2.22. The van der Waals surface area contributed by atoms with E-state index in [1.54, 1.807) is 24.3 Å². The first-order valence-corrected chi connectivity index (χ1v) is 8.42. The summed E-state index contributed by atoms with van der Waals surface area (Å²) in [5.74, 6) is -2.70. The van der Waals surface area contributed by atoms with Gasteiger partial charge in [0.1, 0.15) is 6.61 Å². The third-order valence-corrected chi connectivity index (χ3v) is 3.77. The van der Waals surface area contributed by atoms with E-state index in [0.29, 0.717) is 21.4 Å². The number of nitrogens with zero attached hydrogens (tertiary/aromatic N) is 1. The van der Waals surface area contributed by atoms with E-state index in [2.05, 4.69) is 4.84 Å². The van der Waals surface area contributed by atoms with Crippen LogP contribution in [0.1, 0.15) is 11.1 Å². The third kappa shape index (κ3) is 6.46. The minimum absolute atomic E-state index is 0.153. The fourth-order valence-corrected chi connectivity index (χ4v) is 2.42. The van der Waals surface area contributed by atoms with Crippen LogP contribution in [0.2, 0.25) is 5.02 Å². The molecule has 7 nitrogen and oxygen atoms in total. The van der Waals surface area contributed by atoms with Gasteiger partial charge in [0.2, 0.25) is 5.96 Å². The highest BCUT2D eigenvalue weighted by atomic mass is 35.5. The van der Waals surface area contributed by atoms with E-state index in [0.717, 1.165) is 5.56 Å². The van der Waals surface area contributed by atoms with E-state index in [1.807, 2.05) is 0 Å². The van der Waals surface area contributed by atoms with Gasteiger partial charge < -0.3 is 20.0 Å². The Kier molecular flexibility index (Phi) is 7.16. The van der Waals surface area contributed by atoms with E-state index in [4.69, 9.17) is 32.2 Å². The fraction of sp³-hybridized carbons (Fsp3) is 0.222. The van der Waals surface area contributed by atoms with Gasteiger partial charge >= 0.3 is 12.1 Å². The third-order valence-electron chi connectivity index (χ3n) is 3.53. The lowest BCUT2D eigenvalue weighted by molar-refractivity contribution is -0.227. The molecule has 0 aliphatic carbocycles. The van der Waals surface area contributed by atoms with E-state index in [9.17, 15) is 18.0 Å². The molecule has 0 spiro atoms. The van der Waals surface area contributed by atoms with E-state index in [-0.39, 0.29) is 12.4 Å². The molecule has 0 aliphatic rings. The SMILES string of the molecule is COc1ccc(CN(OC(=O)C(F)(F)F)C(=N)N)cc1OCc1cccc(Cl)c1. The minimum Gasteiger partial charge on any atom is -0.493 e. The molecule has 0 bridgehead atoms. The average Bonchev–Trinajstić information content (AvgIpc) is 2.65. The van der Waals surface area contributed by atoms with E-state index < -0.39 is 24.6 Å². The summed E-state index contributed by atoms with van der Waals surface area (Å²) in [5, 5.41) is 8.19. The summed E-state index contributed by atoms with van der Waals surface area (Å²) in [7, 11) is 1.42. The Bertz CT molecular complexity index is 893. The van der Waals surface area contributed by atoms with Crippen molar-refractivity contribution in [1.29, 1.82) is 5.41 Å². The normalized spacial score (nSPS) is 10.9. The molecule has 0 heterocycles. The van der Waals surface area contributed by atoms with Crippen LogP contribution in [0.5, 0.6) is 11.5 Å². The maximum atomic E-state index is 12.4. The Morgan fingerprint density at radius 3 is 2.48 bits per heavy atom. The number of hydrogen-bond donors (Lipinski definition) is 2. The zero-order valence-corrected chi connectivity index (χ0v) is 15.9. The Labute approximate surface area is 169 Å². The first kappa shape index (κ1) is 22.2. The van der Waals surface area contributed by atoms with Crippen molar-refractivity contribution in [2.45, 2.75) is 19.3 Å². The van der Waals surface area contributed by atoms with Crippen LogP contribution in [0.4, 0.5) is 13.2 Å². The van der Waals surface area contributed by atoms with Gasteiger partial charge in [-0.1, -0.05) is 29.8 Å². The second-order valence-electron chi connectivity index (χ2n) is 5.70. The van der Waals surface area contributed by atoms with Gasteiger partial charge in [-0.15, -0.1) is 0 Å². The number of ether oxygens (including phenoxy) is 2. The number of hydroxylamine groups is 2. The maximum absolute atomic E-state index is 12.4. The molecule has 2 rings (SSSR count). The number of rotatable bonds is 6. The van der Waals surface area contributed by atoms with Crippen LogP contribution in [0.15, 0.2) is 42.5 Å². The van der Waals surface area contributed by atoms with Crippen molar-refractivity contribution in [2.75, 3.05) is 7.11 Å². The van der Waals surface area contributed by atoms with Gasteiger partial charge in [0, 0.05) is 5.02 Å². The lowest BCUT2D eigenvalue weighted by Crippen LogP contribution is -2.41. The van der Waals surface area contributed by atoms with Gasteiger partial charge in [-0.3, -0.25) is 5.41 Å². The molecule has 11 heteroatoms. The van der Waals surface area contributed by atoms with Gasteiger partial charge in [-0.25, -0.2) is 4.79 Å². The van der Waals surface area contributed by atoms with Crippen molar-refractivity contribution in [1.82, 2.24) is 5.06 Å².